The predicted molar refractivity (Wildman–Crippen MR) is 119 cm³/mol. The minimum absolute atomic E-state index is 0.0700. The molecule has 3 aromatic rings. The van der Waals surface area contributed by atoms with E-state index in [-0.39, 0.29) is 11.6 Å². The topological polar surface area (TPSA) is 76.7 Å². The Morgan fingerprint density at radius 3 is 2.47 bits per heavy atom. The van der Waals surface area contributed by atoms with Gasteiger partial charge in [-0.25, -0.2) is 0 Å². The van der Waals surface area contributed by atoms with Crippen molar-refractivity contribution in [1.82, 2.24) is 5.32 Å². The maximum atomic E-state index is 12.9. The van der Waals surface area contributed by atoms with E-state index in [1.807, 2.05) is 0 Å². The molecule has 0 fully saturated rings. The lowest BCUT2D eigenvalue weighted by atomic mass is 10.1. The quantitative estimate of drug-likeness (QED) is 0.514. The number of halogens is 1. The molecule has 0 unspecified atom stereocenters. The van der Waals surface area contributed by atoms with Crippen molar-refractivity contribution in [2.45, 2.75) is 0 Å². The summed E-state index contributed by atoms with van der Waals surface area (Å²) in [7, 11) is 3.06. The van der Waals surface area contributed by atoms with Crippen LogP contribution in [0.1, 0.15) is 15.2 Å². The summed E-state index contributed by atoms with van der Waals surface area (Å²) in [6, 6.07) is 15.4. The normalized spacial score (nSPS) is 11.0. The highest BCUT2D eigenvalue weighted by Crippen LogP contribution is 2.28. The van der Waals surface area contributed by atoms with Gasteiger partial charge in [-0.2, -0.15) is 0 Å². The monoisotopic (exact) mass is 442 g/mol. The van der Waals surface area contributed by atoms with Crippen molar-refractivity contribution in [3.63, 3.8) is 0 Å². The summed E-state index contributed by atoms with van der Waals surface area (Å²) in [4.78, 5) is 26.0. The van der Waals surface area contributed by atoms with Crippen LogP contribution in [0.25, 0.3) is 6.08 Å². The minimum atomic E-state index is -0.489. The Morgan fingerprint density at radius 1 is 1.00 bits per heavy atom. The molecule has 0 radical (unpaired) electrons. The highest BCUT2D eigenvalue weighted by atomic mass is 35.5. The van der Waals surface area contributed by atoms with Crippen molar-refractivity contribution in [1.29, 1.82) is 0 Å². The molecule has 1 aromatic heterocycles. The second-order valence-electron chi connectivity index (χ2n) is 6.07. The number of carbonyl (C=O) groups is 2. The molecule has 0 saturated heterocycles. The van der Waals surface area contributed by atoms with Gasteiger partial charge < -0.3 is 20.1 Å². The zero-order valence-corrected chi connectivity index (χ0v) is 17.8. The molecular weight excluding hydrogens is 424 g/mol. The number of benzene rings is 2. The van der Waals surface area contributed by atoms with Crippen LogP contribution in [-0.2, 0) is 4.79 Å². The molecule has 6 nitrogen and oxygen atoms in total. The second kappa shape index (κ2) is 9.96. The third-order valence-corrected chi connectivity index (χ3v) is 5.14. The van der Waals surface area contributed by atoms with Gasteiger partial charge in [0.2, 0.25) is 0 Å². The van der Waals surface area contributed by atoms with E-state index in [2.05, 4.69) is 10.6 Å². The minimum Gasteiger partial charge on any atom is -0.493 e. The van der Waals surface area contributed by atoms with Crippen LogP contribution in [0.3, 0.4) is 0 Å². The molecule has 0 spiro atoms. The summed E-state index contributed by atoms with van der Waals surface area (Å²) in [6.45, 7) is 0. The number of thiophene rings is 1. The predicted octanol–water partition coefficient (Wildman–Crippen LogP) is 4.83. The SMILES string of the molecule is COc1ccc(/C=C(/NC(=O)c2cccs2)C(=O)Nc2cccc(Cl)c2)cc1OC. The molecule has 154 valence electrons. The first-order valence-electron chi connectivity index (χ1n) is 8.85. The van der Waals surface area contributed by atoms with Gasteiger partial charge >= 0.3 is 0 Å². The van der Waals surface area contributed by atoms with E-state index in [1.54, 1.807) is 73.2 Å². The lowest BCUT2D eigenvalue weighted by molar-refractivity contribution is -0.113. The molecule has 0 atom stereocenters. The first-order valence-corrected chi connectivity index (χ1v) is 10.1. The number of amides is 2. The van der Waals surface area contributed by atoms with Crippen molar-refractivity contribution in [3.8, 4) is 11.5 Å². The summed E-state index contributed by atoms with van der Waals surface area (Å²) < 4.78 is 10.6. The van der Waals surface area contributed by atoms with Gasteiger partial charge in [-0.1, -0.05) is 29.8 Å². The molecule has 1 heterocycles. The van der Waals surface area contributed by atoms with E-state index in [4.69, 9.17) is 21.1 Å². The number of rotatable bonds is 7. The fourth-order valence-electron chi connectivity index (χ4n) is 2.62. The zero-order valence-electron chi connectivity index (χ0n) is 16.3. The number of hydrogen-bond acceptors (Lipinski definition) is 5. The van der Waals surface area contributed by atoms with Crippen LogP contribution >= 0.6 is 22.9 Å². The maximum Gasteiger partial charge on any atom is 0.272 e. The van der Waals surface area contributed by atoms with E-state index >= 15 is 0 Å². The number of hydrogen-bond donors (Lipinski definition) is 2. The molecule has 2 aromatic carbocycles. The fourth-order valence-corrected chi connectivity index (χ4v) is 3.43. The van der Waals surface area contributed by atoms with Crippen LogP contribution in [0.5, 0.6) is 11.5 Å². The molecule has 30 heavy (non-hydrogen) atoms. The first-order chi connectivity index (χ1) is 14.5. The molecule has 0 aliphatic heterocycles. The van der Waals surface area contributed by atoms with Gasteiger partial charge in [-0.15, -0.1) is 11.3 Å². The first kappa shape index (κ1) is 21.4. The van der Waals surface area contributed by atoms with Crippen LogP contribution in [0, 0.1) is 0 Å². The number of ether oxygens (including phenoxy) is 2. The largest absolute Gasteiger partial charge is 0.493 e. The summed E-state index contributed by atoms with van der Waals surface area (Å²) in [6.07, 6.45) is 1.56. The van der Waals surface area contributed by atoms with Gasteiger partial charge in [0.25, 0.3) is 11.8 Å². The second-order valence-corrected chi connectivity index (χ2v) is 7.45. The Kier molecular flexibility index (Phi) is 7.11. The molecular formula is C22H19ClN2O4S. The van der Waals surface area contributed by atoms with Gasteiger partial charge in [0.15, 0.2) is 11.5 Å². The smallest absolute Gasteiger partial charge is 0.272 e. The van der Waals surface area contributed by atoms with Crippen molar-refractivity contribution in [3.05, 3.63) is 81.1 Å². The van der Waals surface area contributed by atoms with Crippen LogP contribution in [0.4, 0.5) is 5.69 Å². The third-order valence-electron chi connectivity index (χ3n) is 4.04. The van der Waals surface area contributed by atoms with Crippen molar-refractivity contribution in [2.75, 3.05) is 19.5 Å². The standard InChI is InChI=1S/C22H19ClN2O4S/c1-28-18-9-8-14(12-19(18)29-2)11-17(25-22(27)20-7-4-10-30-20)21(26)24-16-6-3-5-15(23)13-16/h3-13H,1-2H3,(H,24,26)(H,25,27)/b17-11+. The number of nitrogens with one attached hydrogen (secondary N) is 2. The van der Waals surface area contributed by atoms with Crippen molar-refractivity contribution >= 4 is 46.5 Å². The Bertz CT molecular complexity index is 1080. The van der Waals surface area contributed by atoms with E-state index < -0.39 is 5.91 Å². The molecule has 0 aliphatic rings. The van der Waals surface area contributed by atoms with Crippen LogP contribution in [-0.4, -0.2) is 26.0 Å². The van der Waals surface area contributed by atoms with Crippen molar-refractivity contribution < 1.29 is 19.1 Å². The average Bonchev–Trinajstić information content (AvgIpc) is 3.28. The van der Waals surface area contributed by atoms with E-state index in [0.717, 1.165) is 0 Å². The van der Waals surface area contributed by atoms with E-state index in [9.17, 15) is 9.59 Å². The van der Waals surface area contributed by atoms with Gasteiger partial charge in [0.1, 0.15) is 5.70 Å². The zero-order chi connectivity index (χ0) is 21.5. The number of carbonyl (C=O) groups excluding carboxylic acids is 2. The lowest BCUT2D eigenvalue weighted by Crippen LogP contribution is -2.30. The van der Waals surface area contributed by atoms with Crippen molar-refractivity contribution in [2.24, 2.45) is 0 Å². The summed E-state index contributed by atoms with van der Waals surface area (Å²) >= 11 is 7.27. The summed E-state index contributed by atoms with van der Waals surface area (Å²) in [5.41, 5.74) is 1.23. The Hall–Kier alpha value is -3.29. The Labute approximate surface area is 183 Å². The maximum absolute atomic E-state index is 12.9. The van der Waals surface area contributed by atoms with Gasteiger partial charge in [-0.3, -0.25) is 9.59 Å². The molecule has 0 bridgehead atoms. The van der Waals surface area contributed by atoms with Gasteiger partial charge in [-0.05, 0) is 53.4 Å². The summed E-state index contributed by atoms with van der Waals surface area (Å²) in [5, 5.41) is 7.71. The number of anilines is 1. The van der Waals surface area contributed by atoms with Gasteiger partial charge in [0, 0.05) is 10.7 Å². The molecule has 0 aliphatic carbocycles. The third kappa shape index (κ3) is 5.40. The van der Waals surface area contributed by atoms with E-state index in [1.165, 1.54) is 18.4 Å². The highest BCUT2D eigenvalue weighted by Gasteiger charge is 2.16. The molecule has 0 saturated carbocycles. The summed E-state index contributed by atoms with van der Waals surface area (Å²) in [5.74, 6) is 0.197. The molecule has 3 rings (SSSR count). The van der Waals surface area contributed by atoms with Crippen LogP contribution in [0.2, 0.25) is 5.02 Å². The van der Waals surface area contributed by atoms with Crippen LogP contribution < -0.4 is 20.1 Å². The Morgan fingerprint density at radius 2 is 1.80 bits per heavy atom. The average molecular weight is 443 g/mol. The highest BCUT2D eigenvalue weighted by molar-refractivity contribution is 7.12. The molecule has 2 amide bonds. The lowest BCUT2D eigenvalue weighted by Gasteiger charge is -2.12. The van der Waals surface area contributed by atoms with Crippen LogP contribution in [0.15, 0.2) is 65.7 Å². The van der Waals surface area contributed by atoms with E-state index in [0.29, 0.717) is 32.6 Å². The molecule has 2 N–H and O–H groups in total. The fraction of sp³-hybridized carbons (Fsp3) is 0.0909. The van der Waals surface area contributed by atoms with Gasteiger partial charge in [0.05, 0.1) is 19.1 Å². The Balaban J connectivity index is 1.93. The molecule has 8 heteroatoms. The number of methoxy groups -OCH3 is 2.